The number of benzene rings is 2. The molecule has 2 aromatic carbocycles. The van der Waals surface area contributed by atoms with Gasteiger partial charge in [0.05, 0.1) is 28.3 Å². The first-order valence-electron chi connectivity index (χ1n) is 13.9. The smallest absolute Gasteiger partial charge is 0.272 e. The van der Waals surface area contributed by atoms with Crippen molar-refractivity contribution in [2.45, 2.75) is 38.2 Å². The summed E-state index contributed by atoms with van der Waals surface area (Å²) in [6.45, 7) is 2.15. The number of halogens is 1. The Morgan fingerprint density at radius 2 is 1.93 bits per heavy atom. The highest BCUT2D eigenvalue weighted by molar-refractivity contribution is 5.95. The van der Waals surface area contributed by atoms with E-state index < -0.39 is 5.82 Å². The van der Waals surface area contributed by atoms with Crippen LogP contribution in [-0.4, -0.2) is 58.3 Å². The van der Waals surface area contributed by atoms with Gasteiger partial charge in [-0.25, -0.2) is 14.5 Å². The lowest BCUT2D eigenvalue weighted by Gasteiger charge is -2.26. The van der Waals surface area contributed by atoms with E-state index >= 15 is 0 Å². The van der Waals surface area contributed by atoms with Crippen LogP contribution in [0.4, 0.5) is 10.2 Å². The number of rotatable bonds is 6. The van der Waals surface area contributed by atoms with Crippen LogP contribution in [0.2, 0.25) is 0 Å². The summed E-state index contributed by atoms with van der Waals surface area (Å²) in [5.41, 5.74) is 1.53. The number of nitriles is 1. The van der Waals surface area contributed by atoms with Crippen LogP contribution in [0.25, 0.3) is 10.8 Å². The van der Waals surface area contributed by atoms with Crippen LogP contribution in [0.15, 0.2) is 59.5 Å². The average molecular weight is 553 g/mol. The molecule has 9 nitrogen and oxygen atoms in total. The summed E-state index contributed by atoms with van der Waals surface area (Å²) in [4.78, 5) is 34.0. The van der Waals surface area contributed by atoms with Gasteiger partial charge in [-0.1, -0.05) is 6.07 Å². The molecule has 1 aliphatic heterocycles. The fraction of sp³-hybridized carbons (Fsp3) is 0.323. The molecule has 10 heteroatoms. The fourth-order valence-corrected chi connectivity index (χ4v) is 5.29. The minimum atomic E-state index is -0.580. The summed E-state index contributed by atoms with van der Waals surface area (Å²) >= 11 is 0. The number of fused-ring (bicyclic) bond motifs is 1. The number of hydrogen-bond donors (Lipinski definition) is 1. The number of carbonyl (C=O) groups excluding carboxylic acids is 1. The summed E-state index contributed by atoms with van der Waals surface area (Å²) < 4.78 is 21.0. The number of H-pyrrole nitrogens is 1. The molecule has 0 spiro atoms. The third kappa shape index (κ3) is 5.61. The Morgan fingerprint density at radius 3 is 2.68 bits per heavy atom. The second-order valence-corrected chi connectivity index (χ2v) is 10.5. The molecule has 1 saturated carbocycles. The molecule has 2 aromatic heterocycles. The van der Waals surface area contributed by atoms with Crippen LogP contribution < -0.4 is 15.2 Å². The highest BCUT2D eigenvalue weighted by Gasteiger charge is 2.24. The predicted molar refractivity (Wildman–Crippen MR) is 152 cm³/mol. The van der Waals surface area contributed by atoms with Crippen LogP contribution in [0, 0.1) is 17.1 Å². The lowest BCUT2D eigenvalue weighted by molar-refractivity contribution is 0.0762. The van der Waals surface area contributed by atoms with E-state index in [0.29, 0.717) is 72.4 Å². The maximum atomic E-state index is 15.0. The second kappa shape index (κ2) is 11.4. The highest BCUT2D eigenvalue weighted by atomic mass is 19.1. The normalized spacial score (nSPS) is 15.7. The number of ether oxygens (including phenoxy) is 1. The molecular formula is C31H29FN6O3. The molecule has 0 unspecified atom stereocenters. The summed E-state index contributed by atoms with van der Waals surface area (Å²) in [5, 5.41) is 17.0. The molecular weight excluding hydrogens is 523 g/mol. The third-order valence-electron chi connectivity index (χ3n) is 7.81. The summed E-state index contributed by atoms with van der Waals surface area (Å²) in [6, 6.07) is 15.5. The SMILES string of the molecule is N#Cc1ccc(N2CCCN(C(=O)c3cc(Cc4n[nH]c(=O)c5ccc(OC6CCC6)cc45)ccc3F)CC2)nc1. The maximum Gasteiger partial charge on any atom is 0.272 e. The van der Waals surface area contributed by atoms with Crippen molar-refractivity contribution in [2.24, 2.45) is 0 Å². The second-order valence-electron chi connectivity index (χ2n) is 10.5. The van der Waals surface area contributed by atoms with Gasteiger partial charge in [0.25, 0.3) is 11.5 Å². The monoisotopic (exact) mass is 552 g/mol. The van der Waals surface area contributed by atoms with E-state index in [2.05, 4.69) is 26.2 Å². The van der Waals surface area contributed by atoms with Crippen molar-refractivity contribution < 1.29 is 13.9 Å². The van der Waals surface area contributed by atoms with Crippen molar-refractivity contribution in [3.05, 3.63) is 93.3 Å². The Balaban J connectivity index is 1.20. The minimum absolute atomic E-state index is 0.00943. The fourth-order valence-electron chi connectivity index (χ4n) is 5.29. The average Bonchev–Trinajstić information content (AvgIpc) is 3.24. The zero-order valence-corrected chi connectivity index (χ0v) is 22.5. The molecule has 2 aliphatic rings. The van der Waals surface area contributed by atoms with Crippen molar-refractivity contribution in [3.63, 3.8) is 0 Å². The number of nitrogens with zero attached hydrogens (tertiary/aromatic N) is 5. The molecule has 6 rings (SSSR count). The van der Waals surface area contributed by atoms with Gasteiger partial charge in [0, 0.05) is 44.2 Å². The Morgan fingerprint density at radius 1 is 1.05 bits per heavy atom. The van der Waals surface area contributed by atoms with E-state index in [1.54, 1.807) is 41.3 Å². The van der Waals surface area contributed by atoms with Gasteiger partial charge in [-0.3, -0.25) is 9.59 Å². The molecule has 1 saturated heterocycles. The molecule has 2 fully saturated rings. The first kappa shape index (κ1) is 26.4. The largest absolute Gasteiger partial charge is 0.490 e. The van der Waals surface area contributed by atoms with Crippen LogP contribution in [0.5, 0.6) is 5.75 Å². The quantitative estimate of drug-likeness (QED) is 0.381. The standard InChI is InChI=1S/C31H29FN6O3/c32-27-9-5-20(16-28-25-17-23(41-22-3-1-4-22)7-8-24(25)30(39)36-35-28)15-26(27)31(40)38-12-2-11-37(13-14-38)29-10-6-21(18-33)19-34-29/h5-10,15,17,19,22H,1-4,11-14,16H2,(H,36,39). The van der Waals surface area contributed by atoms with Crippen LogP contribution in [0.3, 0.4) is 0 Å². The molecule has 1 N–H and O–H groups in total. The summed E-state index contributed by atoms with van der Waals surface area (Å²) in [5.74, 6) is 0.490. The van der Waals surface area contributed by atoms with Gasteiger partial charge in [0.1, 0.15) is 23.5 Å². The van der Waals surface area contributed by atoms with Crippen molar-refractivity contribution >= 4 is 22.5 Å². The molecule has 208 valence electrons. The summed E-state index contributed by atoms with van der Waals surface area (Å²) in [7, 11) is 0. The van der Waals surface area contributed by atoms with E-state index in [1.165, 1.54) is 12.3 Å². The maximum absolute atomic E-state index is 15.0. The minimum Gasteiger partial charge on any atom is -0.490 e. The molecule has 0 radical (unpaired) electrons. The Bertz CT molecular complexity index is 1690. The number of pyridine rings is 1. The molecule has 0 bridgehead atoms. The Labute approximate surface area is 236 Å². The lowest BCUT2D eigenvalue weighted by Crippen LogP contribution is -2.35. The number of amides is 1. The van der Waals surface area contributed by atoms with Gasteiger partial charge >= 0.3 is 0 Å². The number of anilines is 1. The molecule has 3 heterocycles. The van der Waals surface area contributed by atoms with Crippen molar-refractivity contribution in [1.29, 1.82) is 5.26 Å². The summed E-state index contributed by atoms with van der Waals surface area (Å²) in [6.07, 6.45) is 5.93. The molecule has 4 aromatic rings. The lowest BCUT2D eigenvalue weighted by atomic mass is 9.96. The number of hydrogen-bond acceptors (Lipinski definition) is 7. The van der Waals surface area contributed by atoms with E-state index in [-0.39, 0.29) is 23.1 Å². The third-order valence-corrected chi connectivity index (χ3v) is 7.81. The Kier molecular flexibility index (Phi) is 7.33. The highest BCUT2D eigenvalue weighted by Crippen LogP contribution is 2.28. The first-order valence-corrected chi connectivity index (χ1v) is 13.9. The molecule has 1 amide bonds. The first-order chi connectivity index (χ1) is 20.0. The van der Waals surface area contributed by atoms with Crippen LogP contribution >= 0.6 is 0 Å². The van der Waals surface area contributed by atoms with Gasteiger partial charge in [-0.15, -0.1) is 0 Å². The number of carbonyl (C=O) groups is 1. The van der Waals surface area contributed by atoms with Gasteiger partial charge in [-0.2, -0.15) is 10.4 Å². The van der Waals surface area contributed by atoms with Crippen LogP contribution in [-0.2, 0) is 6.42 Å². The zero-order chi connectivity index (χ0) is 28.3. The Hall–Kier alpha value is -4.78. The van der Waals surface area contributed by atoms with Crippen molar-refractivity contribution in [1.82, 2.24) is 20.1 Å². The molecule has 0 atom stereocenters. The topological polar surface area (TPSA) is 115 Å². The van der Waals surface area contributed by atoms with Gasteiger partial charge in [0.2, 0.25) is 0 Å². The van der Waals surface area contributed by atoms with Gasteiger partial charge in [-0.05, 0) is 73.7 Å². The van der Waals surface area contributed by atoms with Crippen molar-refractivity contribution in [2.75, 3.05) is 31.1 Å². The van der Waals surface area contributed by atoms with Gasteiger partial charge in [0.15, 0.2) is 0 Å². The van der Waals surface area contributed by atoms with Gasteiger partial charge < -0.3 is 14.5 Å². The van der Waals surface area contributed by atoms with Crippen molar-refractivity contribution in [3.8, 4) is 11.8 Å². The molecule has 1 aliphatic carbocycles. The van der Waals surface area contributed by atoms with Crippen LogP contribution in [0.1, 0.15) is 52.9 Å². The predicted octanol–water partition coefficient (Wildman–Crippen LogP) is 4.20. The van der Waals surface area contributed by atoms with E-state index in [1.807, 2.05) is 6.07 Å². The number of aromatic amines is 1. The van der Waals surface area contributed by atoms with E-state index in [9.17, 15) is 14.0 Å². The zero-order valence-electron chi connectivity index (χ0n) is 22.5. The van der Waals surface area contributed by atoms with E-state index in [4.69, 9.17) is 10.00 Å². The number of nitrogens with one attached hydrogen (secondary N) is 1. The number of aromatic nitrogens is 3. The van der Waals surface area contributed by atoms with E-state index in [0.717, 1.165) is 25.1 Å². The molecule has 41 heavy (non-hydrogen) atoms.